The standard InChI is InChI=1S/C20H19ClN2O4S/c1-23(14-17-8-5-11-27-17)20(24)16-9-10-18(21)19(12-16)28(25,26)22-13-15-6-3-2-4-7-15/h2-12,22H,13-14H2,1H3. The van der Waals surface area contributed by atoms with Gasteiger partial charge in [0.1, 0.15) is 10.7 Å². The highest BCUT2D eigenvalue weighted by Gasteiger charge is 2.21. The van der Waals surface area contributed by atoms with E-state index in [9.17, 15) is 13.2 Å². The van der Waals surface area contributed by atoms with Crippen LogP contribution in [-0.4, -0.2) is 26.3 Å². The molecule has 6 nitrogen and oxygen atoms in total. The minimum Gasteiger partial charge on any atom is -0.467 e. The van der Waals surface area contributed by atoms with E-state index in [2.05, 4.69) is 4.72 Å². The van der Waals surface area contributed by atoms with E-state index in [-0.39, 0.29) is 34.5 Å². The van der Waals surface area contributed by atoms with Crippen molar-refractivity contribution >= 4 is 27.5 Å². The molecule has 0 radical (unpaired) electrons. The van der Waals surface area contributed by atoms with Crippen LogP contribution in [-0.2, 0) is 23.1 Å². The second kappa shape index (κ2) is 8.60. The highest BCUT2D eigenvalue weighted by molar-refractivity contribution is 7.89. The fourth-order valence-corrected chi connectivity index (χ4v) is 4.16. The lowest BCUT2D eigenvalue weighted by Crippen LogP contribution is -2.27. The number of halogens is 1. The number of amides is 1. The van der Waals surface area contributed by atoms with Gasteiger partial charge in [0.15, 0.2) is 0 Å². The zero-order valence-electron chi connectivity index (χ0n) is 15.1. The van der Waals surface area contributed by atoms with Gasteiger partial charge in [0.05, 0.1) is 17.8 Å². The van der Waals surface area contributed by atoms with Crippen molar-refractivity contribution in [1.29, 1.82) is 0 Å². The minimum absolute atomic E-state index is 0.0470. The lowest BCUT2D eigenvalue weighted by atomic mass is 10.2. The van der Waals surface area contributed by atoms with E-state index in [0.29, 0.717) is 5.76 Å². The van der Waals surface area contributed by atoms with Gasteiger partial charge in [-0.05, 0) is 35.9 Å². The molecule has 0 bridgehead atoms. The molecule has 0 atom stereocenters. The van der Waals surface area contributed by atoms with Crippen LogP contribution >= 0.6 is 11.6 Å². The number of nitrogens with zero attached hydrogens (tertiary/aromatic N) is 1. The van der Waals surface area contributed by atoms with Gasteiger partial charge in [-0.15, -0.1) is 0 Å². The predicted molar refractivity (Wildman–Crippen MR) is 106 cm³/mol. The van der Waals surface area contributed by atoms with E-state index >= 15 is 0 Å². The molecule has 0 aliphatic rings. The first-order valence-corrected chi connectivity index (χ1v) is 10.3. The third-order valence-electron chi connectivity index (χ3n) is 4.10. The van der Waals surface area contributed by atoms with Gasteiger partial charge in [-0.2, -0.15) is 0 Å². The van der Waals surface area contributed by atoms with Crippen molar-refractivity contribution in [1.82, 2.24) is 9.62 Å². The summed E-state index contributed by atoms with van der Waals surface area (Å²) in [6, 6.07) is 16.8. The predicted octanol–water partition coefficient (Wildman–Crippen LogP) is 3.68. The fraction of sp³-hybridized carbons (Fsp3) is 0.150. The Bertz CT molecular complexity index is 1050. The molecule has 0 unspecified atom stereocenters. The zero-order chi connectivity index (χ0) is 20.1. The molecule has 28 heavy (non-hydrogen) atoms. The molecular formula is C20H19ClN2O4S. The molecule has 0 aliphatic carbocycles. The minimum atomic E-state index is -3.89. The summed E-state index contributed by atoms with van der Waals surface area (Å²) in [7, 11) is -2.28. The van der Waals surface area contributed by atoms with Gasteiger partial charge < -0.3 is 9.32 Å². The molecule has 3 rings (SSSR count). The number of furan rings is 1. The quantitative estimate of drug-likeness (QED) is 0.634. The summed E-state index contributed by atoms with van der Waals surface area (Å²) in [6.07, 6.45) is 1.53. The summed E-state index contributed by atoms with van der Waals surface area (Å²) < 4.78 is 33.1. The van der Waals surface area contributed by atoms with Crippen molar-refractivity contribution in [3.63, 3.8) is 0 Å². The Morgan fingerprint density at radius 2 is 1.86 bits per heavy atom. The number of hydrogen-bond donors (Lipinski definition) is 1. The SMILES string of the molecule is CN(Cc1ccco1)C(=O)c1ccc(Cl)c(S(=O)(=O)NCc2ccccc2)c1. The van der Waals surface area contributed by atoms with Gasteiger partial charge in [-0.3, -0.25) is 4.79 Å². The number of rotatable bonds is 7. The second-order valence-electron chi connectivity index (χ2n) is 6.20. The van der Waals surface area contributed by atoms with Crippen molar-refractivity contribution < 1.29 is 17.6 Å². The number of hydrogen-bond acceptors (Lipinski definition) is 4. The fourth-order valence-electron chi connectivity index (χ4n) is 2.62. The molecule has 0 spiro atoms. The summed E-state index contributed by atoms with van der Waals surface area (Å²) in [4.78, 5) is 14.0. The average molecular weight is 419 g/mol. The van der Waals surface area contributed by atoms with Crippen molar-refractivity contribution in [2.45, 2.75) is 18.0 Å². The zero-order valence-corrected chi connectivity index (χ0v) is 16.7. The summed E-state index contributed by atoms with van der Waals surface area (Å²) in [5, 5.41) is 0.0470. The van der Waals surface area contributed by atoms with Crippen LogP contribution in [0, 0.1) is 0 Å². The van der Waals surface area contributed by atoms with Crippen molar-refractivity contribution in [2.24, 2.45) is 0 Å². The van der Waals surface area contributed by atoms with Gasteiger partial charge in [0, 0.05) is 19.2 Å². The lowest BCUT2D eigenvalue weighted by molar-refractivity contribution is 0.0775. The van der Waals surface area contributed by atoms with Crippen LogP contribution in [0.15, 0.2) is 76.2 Å². The Labute approximate surface area is 168 Å². The third kappa shape index (κ3) is 4.81. The van der Waals surface area contributed by atoms with Gasteiger partial charge in [-0.1, -0.05) is 41.9 Å². The average Bonchev–Trinajstić information content (AvgIpc) is 3.20. The molecule has 0 aliphatic heterocycles. The van der Waals surface area contributed by atoms with E-state index < -0.39 is 10.0 Å². The van der Waals surface area contributed by atoms with Crippen LogP contribution in [0.5, 0.6) is 0 Å². The number of nitrogens with one attached hydrogen (secondary N) is 1. The molecule has 146 valence electrons. The monoisotopic (exact) mass is 418 g/mol. The Balaban J connectivity index is 1.79. The van der Waals surface area contributed by atoms with Crippen LogP contribution in [0.3, 0.4) is 0 Å². The van der Waals surface area contributed by atoms with Gasteiger partial charge in [0.25, 0.3) is 5.91 Å². The number of sulfonamides is 1. The molecular weight excluding hydrogens is 400 g/mol. The molecule has 8 heteroatoms. The molecule has 1 heterocycles. The van der Waals surface area contributed by atoms with E-state index in [1.54, 1.807) is 19.2 Å². The summed E-state index contributed by atoms with van der Waals surface area (Å²) in [5.41, 5.74) is 1.03. The summed E-state index contributed by atoms with van der Waals surface area (Å²) in [6.45, 7) is 0.388. The maximum Gasteiger partial charge on any atom is 0.254 e. The molecule has 1 amide bonds. The Morgan fingerprint density at radius 1 is 1.11 bits per heavy atom. The molecule has 1 aromatic heterocycles. The first-order chi connectivity index (χ1) is 13.4. The summed E-state index contributed by atoms with van der Waals surface area (Å²) >= 11 is 6.10. The molecule has 1 N–H and O–H groups in total. The summed E-state index contributed by atoms with van der Waals surface area (Å²) in [5.74, 6) is 0.287. The molecule has 0 fully saturated rings. The van der Waals surface area contributed by atoms with E-state index in [0.717, 1.165) is 5.56 Å². The van der Waals surface area contributed by atoms with Crippen LogP contribution < -0.4 is 4.72 Å². The van der Waals surface area contributed by atoms with Crippen LogP contribution in [0.4, 0.5) is 0 Å². The van der Waals surface area contributed by atoms with Crippen LogP contribution in [0.1, 0.15) is 21.7 Å². The molecule has 0 saturated heterocycles. The van der Waals surface area contributed by atoms with Crippen LogP contribution in [0.25, 0.3) is 0 Å². The highest BCUT2D eigenvalue weighted by Crippen LogP contribution is 2.24. The van der Waals surface area contributed by atoms with Gasteiger partial charge >= 0.3 is 0 Å². The molecule has 3 aromatic rings. The van der Waals surface area contributed by atoms with Crippen molar-refractivity contribution in [3.05, 3.63) is 88.8 Å². The third-order valence-corrected chi connectivity index (χ3v) is 5.98. The maximum atomic E-state index is 12.7. The Morgan fingerprint density at radius 3 is 2.54 bits per heavy atom. The van der Waals surface area contributed by atoms with Gasteiger partial charge in [-0.25, -0.2) is 13.1 Å². The Hall–Kier alpha value is -2.61. The molecule has 0 saturated carbocycles. The van der Waals surface area contributed by atoms with Crippen molar-refractivity contribution in [3.8, 4) is 0 Å². The van der Waals surface area contributed by atoms with Crippen LogP contribution in [0.2, 0.25) is 5.02 Å². The first-order valence-electron chi connectivity index (χ1n) is 8.48. The first kappa shape index (κ1) is 20.1. The molecule has 2 aromatic carbocycles. The topological polar surface area (TPSA) is 79.6 Å². The Kier molecular flexibility index (Phi) is 6.18. The smallest absolute Gasteiger partial charge is 0.254 e. The lowest BCUT2D eigenvalue weighted by Gasteiger charge is -2.17. The van der Waals surface area contributed by atoms with Crippen molar-refractivity contribution in [2.75, 3.05) is 7.05 Å². The largest absolute Gasteiger partial charge is 0.467 e. The number of benzene rings is 2. The van der Waals surface area contributed by atoms with E-state index in [4.69, 9.17) is 16.0 Å². The van der Waals surface area contributed by atoms with E-state index in [1.165, 1.54) is 29.4 Å². The van der Waals surface area contributed by atoms with E-state index in [1.807, 2.05) is 30.3 Å². The maximum absolute atomic E-state index is 12.7. The normalized spacial score (nSPS) is 11.4. The number of carbonyl (C=O) groups is 1. The highest BCUT2D eigenvalue weighted by atomic mass is 35.5. The number of carbonyl (C=O) groups excluding carboxylic acids is 1. The van der Waals surface area contributed by atoms with Gasteiger partial charge in [0.2, 0.25) is 10.0 Å². The second-order valence-corrected chi connectivity index (χ2v) is 8.34.